The van der Waals surface area contributed by atoms with Crippen molar-refractivity contribution in [2.24, 2.45) is 0 Å². The highest BCUT2D eigenvalue weighted by Gasteiger charge is 2.15. The number of aromatic hydroxyl groups is 1. The number of phenols is 1. The molecule has 1 aromatic carbocycles. The lowest BCUT2D eigenvalue weighted by molar-refractivity contribution is -0.136. The highest BCUT2D eigenvalue weighted by atomic mass is 16.3. The number of phenolic OH excluding ortho intramolecular Hbond substituents is 1. The number of rotatable bonds is 5. The van der Waals surface area contributed by atoms with E-state index in [2.05, 4.69) is 27.5 Å². The van der Waals surface area contributed by atoms with E-state index in [1.807, 2.05) is 0 Å². The van der Waals surface area contributed by atoms with Gasteiger partial charge < -0.3 is 25.5 Å². The highest BCUT2D eigenvalue weighted by Crippen LogP contribution is 2.14. The van der Waals surface area contributed by atoms with Crippen LogP contribution >= 0.6 is 0 Å². The molecule has 0 atom stereocenters. The van der Waals surface area contributed by atoms with E-state index in [9.17, 15) is 14.7 Å². The van der Waals surface area contributed by atoms with E-state index in [-0.39, 0.29) is 5.75 Å². The molecule has 0 saturated carbocycles. The number of hydrogen-bond acceptors (Lipinski definition) is 5. The number of nitrogens with one attached hydrogen (secondary N) is 2. The summed E-state index contributed by atoms with van der Waals surface area (Å²) in [5.74, 6) is -1.35. The van der Waals surface area contributed by atoms with Crippen LogP contribution in [0.3, 0.4) is 0 Å². The summed E-state index contributed by atoms with van der Waals surface area (Å²) < 4.78 is 0. The van der Waals surface area contributed by atoms with Gasteiger partial charge in [0.1, 0.15) is 5.75 Å². The zero-order chi connectivity index (χ0) is 16.7. The van der Waals surface area contributed by atoms with Gasteiger partial charge in [0.05, 0.1) is 0 Å². The van der Waals surface area contributed by atoms with Crippen LogP contribution in [-0.2, 0) is 9.59 Å². The van der Waals surface area contributed by atoms with Gasteiger partial charge in [-0.1, -0.05) is 6.07 Å². The topological polar surface area (TPSA) is 84.9 Å². The minimum atomic E-state index is -0.727. The van der Waals surface area contributed by atoms with Gasteiger partial charge in [-0.2, -0.15) is 0 Å². The Morgan fingerprint density at radius 3 is 2.61 bits per heavy atom. The van der Waals surface area contributed by atoms with Gasteiger partial charge in [0.15, 0.2) is 0 Å². The van der Waals surface area contributed by atoms with E-state index in [4.69, 9.17) is 0 Å². The third-order valence-corrected chi connectivity index (χ3v) is 3.84. The van der Waals surface area contributed by atoms with Gasteiger partial charge in [-0.05, 0) is 32.1 Å². The molecule has 7 heteroatoms. The second-order valence-corrected chi connectivity index (χ2v) is 5.76. The van der Waals surface area contributed by atoms with Crippen molar-refractivity contribution in [1.82, 2.24) is 15.1 Å². The lowest BCUT2D eigenvalue weighted by Gasteiger charge is -2.32. The number of likely N-dealkylation sites (N-methyl/N-ethyl adjacent to an activating group) is 1. The fourth-order valence-corrected chi connectivity index (χ4v) is 2.43. The van der Waals surface area contributed by atoms with E-state index >= 15 is 0 Å². The molecule has 0 bridgehead atoms. The molecule has 7 nitrogen and oxygen atoms in total. The fourth-order valence-electron chi connectivity index (χ4n) is 2.43. The monoisotopic (exact) mass is 320 g/mol. The van der Waals surface area contributed by atoms with Crippen LogP contribution in [-0.4, -0.2) is 73.0 Å². The molecule has 2 rings (SSSR count). The fraction of sp³-hybridized carbons (Fsp3) is 0.500. The van der Waals surface area contributed by atoms with Crippen LogP contribution in [0.15, 0.2) is 24.3 Å². The third-order valence-electron chi connectivity index (χ3n) is 3.84. The van der Waals surface area contributed by atoms with Gasteiger partial charge in [0, 0.05) is 44.5 Å². The van der Waals surface area contributed by atoms with Crippen molar-refractivity contribution >= 4 is 17.5 Å². The minimum Gasteiger partial charge on any atom is -0.508 e. The van der Waals surface area contributed by atoms with Gasteiger partial charge in [-0.15, -0.1) is 0 Å². The molecule has 1 heterocycles. The molecule has 0 unspecified atom stereocenters. The summed E-state index contributed by atoms with van der Waals surface area (Å²) in [5.41, 5.74) is 0.391. The molecule has 1 saturated heterocycles. The molecule has 0 radical (unpaired) electrons. The van der Waals surface area contributed by atoms with Gasteiger partial charge in [0.25, 0.3) is 0 Å². The van der Waals surface area contributed by atoms with E-state index < -0.39 is 11.8 Å². The first-order valence-electron chi connectivity index (χ1n) is 7.84. The Kier molecular flexibility index (Phi) is 6.37. The number of piperazine rings is 1. The van der Waals surface area contributed by atoms with E-state index in [1.165, 1.54) is 12.1 Å². The number of hydrogen-bond donors (Lipinski definition) is 3. The Labute approximate surface area is 136 Å². The lowest BCUT2D eigenvalue weighted by atomic mass is 10.3. The van der Waals surface area contributed by atoms with Crippen molar-refractivity contribution in [3.05, 3.63) is 24.3 Å². The average molecular weight is 320 g/mol. The summed E-state index contributed by atoms with van der Waals surface area (Å²) in [7, 11) is 2.11. The average Bonchev–Trinajstić information content (AvgIpc) is 2.53. The standard InChI is InChI=1S/C16H24N4O3/c1-19-8-10-20(11-9-19)7-3-6-17-15(22)16(23)18-13-4-2-5-14(21)12-13/h2,4-5,12,21H,3,6-11H2,1H3,(H,17,22)(H,18,23). The summed E-state index contributed by atoms with van der Waals surface area (Å²) in [6, 6.07) is 6.09. The maximum absolute atomic E-state index is 11.7. The summed E-state index contributed by atoms with van der Waals surface area (Å²) in [4.78, 5) is 28.1. The molecule has 1 aliphatic heterocycles. The number of anilines is 1. The Hall–Kier alpha value is -2.12. The van der Waals surface area contributed by atoms with Crippen LogP contribution in [0.5, 0.6) is 5.75 Å². The summed E-state index contributed by atoms with van der Waals surface area (Å²) in [6.45, 7) is 5.61. The van der Waals surface area contributed by atoms with Crippen molar-refractivity contribution in [1.29, 1.82) is 0 Å². The van der Waals surface area contributed by atoms with Crippen molar-refractivity contribution in [2.45, 2.75) is 6.42 Å². The molecular weight excluding hydrogens is 296 g/mol. The normalized spacial score (nSPS) is 16.0. The van der Waals surface area contributed by atoms with Crippen molar-refractivity contribution < 1.29 is 14.7 Å². The third kappa shape index (κ3) is 5.88. The first kappa shape index (κ1) is 17.2. The SMILES string of the molecule is CN1CCN(CCCNC(=O)C(=O)Nc2cccc(O)c2)CC1. The number of amides is 2. The molecule has 23 heavy (non-hydrogen) atoms. The zero-order valence-corrected chi connectivity index (χ0v) is 13.4. The van der Waals surface area contributed by atoms with Crippen LogP contribution in [0.2, 0.25) is 0 Å². The lowest BCUT2D eigenvalue weighted by Crippen LogP contribution is -2.45. The number of nitrogens with zero attached hydrogens (tertiary/aromatic N) is 2. The van der Waals surface area contributed by atoms with Crippen LogP contribution < -0.4 is 10.6 Å². The maximum atomic E-state index is 11.7. The van der Waals surface area contributed by atoms with Crippen molar-refractivity contribution in [3.8, 4) is 5.75 Å². The molecule has 1 fully saturated rings. The smallest absolute Gasteiger partial charge is 0.313 e. The molecule has 0 aliphatic carbocycles. The van der Waals surface area contributed by atoms with Crippen LogP contribution in [0, 0.1) is 0 Å². The largest absolute Gasteiger partial charge is 0.508 e. The second-order valence-electron chi connectivity index (χ2n) is 5.76. The summed E-state index contributed by atoms with van der Waals surface area (Å²) >= 11 is 0. The first-order chi connectivity index (χ1) is 11.0. The maximum Gasteiger partial charge on any atom is 0.313 e. The molecule has 1 aromatic rings. The van der Waals surface area contributed by atoms with E-state index in [0.717, 1.165) is 39.1 Å². The first-order valence-corrected chi connectivity index (χ1v) is 7.84. The Bertz CT molecular complexity index is 542. The molecule has 0 spiro atoms. The molecule has 1 aliphatic rings. The van der Waals surface area contributed by atoms with E-state index in [0.29, 0.717) is 12.2 Å². The Morgan fingerprint density at radius 2 is 1.91 bits per heavy atom. The predicted octanol–water partition coefficient (Wildman–Crippen LogP) is 0.0844. The Morgan fingerprint density at radius 1 is 1.17 bits per heavy atom. The van der Waals surface area contributed by atoms with Crippen molar-refractivity contribution in [2.75, 3.05) is 51.6 Å². The van der Waals surface area contributed by atoms with Gasteiger partial charge in [-0.3, -0.25) is 9.59 Å². The van der Waals surface area contributed by atoms with Crippen LogP contribution in [0.25, 0.3) is 0 Å². The summed E-state index contributed by atoms with van der Waals surface area (Å²) in [5, 5.41) is 14.4. The van der Waals surface area contributed by atoms with Gasteiger partial charge >= 0.3 is 11.8 Å². The minimum absolute atomic E-state index is 0.0374. The zero-order valence-electron chi connectivity index (χ0n) is 13.4. The summed E-state index contributed by atoms with van der Waals surface area (Å²) in [6.07, 6.45) is 0.814. The molecule has 3 N–H and O–H groups in total. The predicted molar refractivity (Wildman–Crippen MR) is 88.3 cm³/mol. The highest BCUT2D eigenvalue weighted by molar-refractivity contribution is 6.39. The number of carbonyl (C=O) groups is 2. The molecule has 126 valence electrons. The number of benzene rings is 1. The molecular formula is C16H24N4O3. The van der Waals surface area contributed by atoms with Crippen LogP contribution in [0.4, 0.5) is 5.69 Å². The van der Waals surface area contributed by atoms with Crippen LogP contribution in [0.1, 0.15) is 6.42 Å². The van der Waals surface area contributed by atoms with Crippen molar-refractivity contribution in [3.63, 3.8) is 0 Å². The molecule has 2 amide bonds. The van der Waals surface area contributed by atoms with Gasteiger partial charge in [-0.25, -0.2) is 0 Å². The Balaban J connectivity index is 1.63. The quantitative estimate of drug-likeness (QED) is 0.529. The second kappa shape index (κ2) is 8.50. The number of carbonyl (C=O) groups excluding carboxylic acids is 2. The van der Waals surface area contributed by atoms with E-state index in [1.54, 1.807) is 12.1 Å². The molecule has 0 aromatic heterocycles. The van der Waals surface area contributed by atoms with Gasteiger partial charge in [0.2, 0.25) is 0 Å².